The van der Waals surface area contributed by atoms with Gasteiger partial charge in [0.25, 0.3) is 0 Å². The highest BCUT2D eigenvalue weighted by molar-refractivity contribution is 5.69. The fourth-order valence-electron chi connectivity index (χ4n) is 5.36. The molecule has 25 heteroatoms. The smallest absolute Gasteiger partial charge is 0.460 e. The number of aliphatic hydroxyl groups excluding tert-OH is 7. The lowest BCUT2D eigenvalue weighted by Crippen LogP contribution is -2.70. The van der Waals surface area contributed by atoms with Crippen molar-refractivity contribution in [2.75, 3.05) is 13.2 Å². The van der Waals surface area contributed by atoms with Gasteiger partial charge in [-0.3, -0.25) is 4.79 Å². The Balaban J connectivity index is 1.71. The van der Waals surface area contributed by atoms with Crippen LogP contribution in [0.25, 0.3) is 0 Å². The number of carbonyl (C=O) groups is 1. The maximum Gasteiger partial charge on any atom is 0.460 e. The highest BCUT2D eigenvalue weighted by atomic mass is 19.4. The van der Waals surface area contributed by atoms with E-state index in [9.17, 15) is 97.6 Å². The number of carbonyl (C=O) groups excluding carboxylic acids is 1. The van der Waals surface area contributed by atoms with E-state index in [-0.39, 0.29) is 32.1 Å². The zero-order chi connectivity index (χ0) is 41.7. The van der Waals surface area contributed by atoms with Gasteiger partial charge in [0.1, 0.15) is 55.4 Å². The van der Waals surface area contributed by atoms with E-state index in [1.54, 1.807) is 0 Å². The van der Waals surface area contributed by atoms with Gasteiger partial charge in [-0.25, -0.2) is 0 Å². The Labute approximate surface area is 297 Å². The van der Waals surface area contributed by atoms with Crippen LogP contribution in [0.15, 0.2) is 0 Å². The number of esters is 1. The summed E-state index contributed by atoms with van der Waals surface area (Å²) in [5, 5.41) is 69.9. The Hall–Kier alpha value is -1.84. The molecule has 2 aliphatic rings. The molecular weight excluding hydrogens is 787 g/mol. The first-order valence-electron chi connectivity index (χ1n) is 16.4. The molecule has 2 fully saturated rings. The third-order valence-electron chi connectivity index (χ3n) is 8.81. The second-order valence-electron chi connectivity index (χ2n) is 12.9. The number of unbranched alkanes of at least 4 members (excludes halogenated alkanes) is 7. The van der Waals surface area contributed by atoms with E-state index < -0.39 is 129 Å². The van der Waals surface area contributed by atoms with Crippen molar-refractivity contribution in [2.45, 2.75) is 161 Å². The summed E-state index contributed by atoms with van der Waals surface area (Å²) in [4.78, 5) is 12.2. The lowest BCUT2D eigenvalue weighted by molar-refractivity contribution is -0.440. The van der Waals surface area contributed by atoms with Gasteiger partial charge in [-0.2, -0.15) is 57.1 Å². The van der Waals surface area contributed by atoms with E-state index in [4.69, 9.17) is 18.9 Å². The second kappa shape index (κ2) is 18.6. The number of hydrogen-bond donors (Lipinski definition) is 7. The Kier molecular flexibility index (Phi) is 16.7. The maximum atomic E-state index is 13.9. The summed E-state index contributed by atoms with van der Waals surface area (Å²) in [6, 6.07) is 0. The molecule has 2 aliphatic heterocycles. The zero-order valence-electron chi connectivity index (χ0n) is 27.8. The Morgan fingerprint density at radius 2 is 0.926 bits per heavy atom. The van der Waals surface area contributed by atoms with Gasteiger partial charge < -0.3 is 54.7 Å². The van der Waals surface area contributed by atoms with E-state index in [0.29, 0.717) is 19.3 Å². The number of alkyl halides is 13. The number of rotatable bonds is 20. The summed E-state index contributed by atoms with van der Waals surface area (Å²) in [5.41, 5.74) is 0. The van der Waals surface area contributed by atoms with Crippen LogP contribution in [-0.4, -0.2) is 152 Å². The van der Waals surface area contributed by atoms with Gasteiger partial charge in [0.2, 0.25) is 0 Å². The Bertz CT molecular complexity index is 1180. The summed E-state index contributed by atoms with van der Waals surface area (Å²) < 4.78 is 192. The Morgan fingerprint density at radius 3 is 1.39 bits per heavy atom. The fourth-order valence-corrected chi connectivity index (χ4v) is 5.36. The minimum absolute atomic E-state index is 0.00768. The monoisotopic (exact) mass is 828 g/mol. The summed E-state index contributed by atoms with van der Waals surface area (Å²) in [7, 11) is 0. The van der Waals surface area contributed by atoms with Crippen LogP contribution in [0.5, 0.6) is 0 Å². The molecule has 2 rings (SSSR count). The number of hydrogen-bond acceptors (Lipinski definition) is 12. The van der Waals surface area contributed by atoms with Crippen molar-refractivity contribution in [3.8, 4) is 0 Å². The normalized spacial score (nSPS) is 30.7. The Morgan fingerprint density at radius 1 is 0.519 bits per heavy atom. The molecule has 0 aromatic heterocycles. The van der Waals surface area contributed by atoms with Crippen molar-refractivity contribution in [3.63, 3.8) is 0 Å². The highest BCUT2D eigenvalue weighted by Crippen LogP contribution is 2.60. The average Bonchev–Trinajstić information content (AvgIpc) is 3.07. The molecule has 12 nitrogen and oxygen atoms in total. The van der Waals surface area contributed by atoms with Gasteiger partial charge in [0, 0.05) is 12.8 Å². The summed E-state index contributed by atoms with van der Waals surface area (Å²) in [5.74, 6) is -37.7. The predicted octanol–water partition coefficient (Wildman–Crippen LogP) is 2.79. The van der Waals surface area contributed by atoms with Crippen molar-refractivity contribution in [2.24, 2.45) is 0 Å². The van der Waals surface area contributed by atoms with Gasteiger partial charge in [-0.15, -0.1) is 0 Å². The van der Waals surface area contributed by atoms with E-state index in [2.05, 4.69) is 0 Å². The van der Waals surface area contributed by atoms with Crippen molar-refractivity contribution >= 4 is 5.97 Å². The first-order chi connectivity index (χ1) is 24.6. The number of aliphatic hydroxyl groups is 7. The van der Waals surface area contributed by atoms with Crippen LogP contribution in [0.3, 0.4) is 0 Å². The maximum absolute atomic E-state index is 13.9. The van der Waals surface area contributed by atoms with Gasteiger partial charge in [0.15, 0.2) is 12.6 Å². The van der Waals surface area contributed by atoms with Crippen molar-refractivity contribution in [3.05, 3.63) is 0 Å². The fraction of sp³-hybridized carbons (Fsp3) is 0.966. The van der Waals surface area contributed by atoms with Crippen LogP contribution >= 0.6 is 0 Å². The molecule has 0 saturated carbocycles. The largest absolute Gasteiger partial charge is 0.463 e. The van der Waals surface area contributed by atoms with Gasteiger partial charge >= 0.3 is 41.8 Å². The first-order valence-corrected chi connectivity index (χ1v) is 16.4. The SMILES string of the molecule is O=C(CCCCCCCCCCC(F)(F)C(F)(F)C(F)(F)C(F)(F)C(F)(F)C(F)(F)F)OC[C@H]1O[C@H](O[C@H]2O[C@H](CO)[C@@H](O)[C@H](O)[C@H]2O)[C@H](O)[C@@H](O)[C@@H]1O. The molecule has 10 atom stereocenters. The van der Waals surface area contributed by atoms with Crippen LogP contribution in [-0.2, 0) is 23.7 Å². The van der Waals surface area contributed by atoms with Crippen LogP contribution < -0.4 is 0 Å². The summed E-state index contributed by atoms with van der Waals surface area (Å²) >= 11 is 0. The van der Waals surface area contributed by atoms with Gasteiger partial charge in [-0.1, -0.05) is 38.5 Å². The third kappa shape index (κ3) is 10.4. The van der Waals surface area contributed by atoms with Gasteiger partial charge in [-0.05, 0) is 12.8 Å². The molecule has 0 spiro atoms. The van der Waals surface area contributed by atoms with Gasteiger partial charge in [0.05, 0.1) is 6.61 Å². The number of halogens is 13. The average molecular weight is 829 g/mol. The molecule has 0 bridgehead atoms. The first kappa shape index (κ1) is 48.3. The second-order valence-corrected chi connectivity index (χ2v) is 12.9. The topological polar surface area (TPSA) is 196 Å². The van der Waals surface area contributed by atoms with Crippen LogP contribution in [0.2, 0.25) is 0 Å². The van der Waals surface area contributed by atoms with E-state index in [1.807, 2.05) is 0 Å². The quantitative estimate of drug-likeness (QED) is 0.0540. The summed E-state index contributed by atoms with van der Waals surface area (Å²) in [6.45, 7) is -1.49. The molecule has 7 N–H and O–H groups in total. The van der Waals surface area contributed by atoms with Crippen molar-refractivity contribution in [1.29, 1.82) is 0 Å². The molecule has 54 heavy (non-hydrogen) atoms. The highest BCUT2D eigenvalue weighted by Gasteiger charge is 2.90. The van der Waals surface area contributed by atoms with Crippen LogP contribution in [0.1, 0.15) is 64.2 Å². The minimum atomic E-state index is -7.93. The molecule has 0 radical (unpaired) electrons. The molecule has 0 amide bonds. The molecule has 0 aliphatic carbocycles. The molecule has 0 aromatic rings. The minimum Gasteiger partial charge on any atom is -0.463 e. The number of ether oxygens (including phenoxy) is 4. The molecule has 320 valence electrons. The lowest BCUT2D eigenvalue weighted by Gasteiger charge is -2.44. The molecule has 2 saturated heterocycles. The van der Waals surface area contributed by atoms with E-state index in [0.717, 1.165) is 0 Å². The third-order valence-corrected chi connectivity index (χ3v) is 8.81. The lowest BCUT2D eigenvalue weighted by atomic mass is 9.91. The van der Waals surface area contributed by atoms with Crippen LogP contribution in [0.4, 0.5) is 57.1 Å². The molecule has 2 heterocycles. The molecular formula is C29H41F13O12. The summed E-state index contributed by atoms with van der Waals surface area (Å²) in [6.07, 6.45) is -27.4. The van der Waals surface area contributed by atoms with Crippen molar-refractivity contribution < 1.29 is 117 Å². The van der Waals surface area contributed by atoms with E-state index in [1.165, 1.54) is 0 Å². The molecule has 0 aromatic carbocycles. The standard InChI is InChI=1S/C29H41F13O12/c30-24(31,25(32,33)26(34,35)27(36,37)28(38,39)29(40,41)42)10-8-6-4-2-1-3-5-7-9-15(44)51-12-14-17(46)19(48)21(50)23(53-14)54-22-20(49)18(47)16(45)13(11-43)52-22/h13-14,16-23,43,45-50H,1-12H2/t13-,14-,16-,17-,18+,19+,20-,21-,22-,23-/m1/s1. The van der Waals surface area contributed by atoms with Crippen molar-refractivity contribution in [1.82, 2.24) is 0 Å². The zero-order valence-corrected chi connectivity index (χ0v) is 27.8. The predicted molar refractivity (Wildman–Crippen MR) is 149 cm³/mol. The molecule has 0 unspecified atom stereocenters. The van der Waals surface area contributed by atoms with Crippen LogP contribution in [0, 0.1) is 0 Å². The van der Waals surface area contributed by atoms with E-state index >= 15 is 0 Å².